The molecule has 0 aliphatic rings. The number of hydrogen-bond acceptors (Lipinski definition) is 2. The minimum atomic E-state index is -1.27. The second kappa shape index (κ2) is 5.52. The van der Waals surface area contributed by atoms with Crippen LogP contribution in [0.3, 0.4) is 0 Å². The quantitative estimate of drug-likeness (QED) is 0.916. The number of halogens is 1. The highest BCUT2D eigenvalue weighted by atomic mass is 19.1. The summed E-state index contributed by atoms with van der Waals surface area (Å²) in [4.78, 5) is 10.7. The SMILES string of the molecule is Cc1ccc(OCc2ccc(C(=O)O)c(F)c2)cc1. The third kappa shape index (κ3) is 3.31. The summed E-state index contributed by atoms with van der Waals surface area (Å²) in [5.74, 6) is -1.34. The average Bonchev–Trinajstić information content (AvgIpc) is 2.37. The Bertz CT molecular complexity index is 591. The molecule has 0 amide bonds. The van der Waals surface area contributed by atoms with Crippen LogP contribution in [0.4, 0.5) is 4.39 Å². The fraction of sp³-hybridized carbons (Fsp3) is 0.133. The Balaban J connectivity index is 2.06. The Morgan fingerprint density at radius 2 is 1.89 bits per heavy atom. The topological polar surface area (TPSA) is 46.5 Å². The lowest BCUT2D eigenvalue weighted by Gasteiger charge is -2.07. The summed E-state index contributed by atoms with van der Waals surface area (Å²) in [7, 11) is 0. The van der Waals surface area contributed by atoms with Gasteiger partial charge in [-0.05, 0) is 36.8 Å². The van der Waals surface area contributed by atoms with Crippen LogP contribution in [0.1, 0.15) is 21.5 Å². The molecule has 3 nitrogen and oxygen atoms in total. The van der Waals surface area contributed by atoms with Crippen molar-refractivity contribution in [1.29, 1.82) is 0 Å². The van der Waals surface area contributed by atoms with Gasteiger partial charge in [-0.15, -0.1) is 0 Å². The van der Waals surface area contributed by atoms with Crippen molar-refractivity contribution in [3.8, 4) is 5.75 Å². The fourth-order valence-electron chi connectivity index (χ4n) is 1.62. The van der Waals surface area contributed by atoms with Crippen molar-refractivity contribution in [3.05, 3.63) is 65.0 Å². The number of ether oxygens (including phenoxy) is 1. The maximum absolute atomic E-state index is 13.4. The number of rotatable bonds is 4. The van der Waals surface area contributed by atoms with E-state index in [1.807, 2.05) is 31.2 Å². The van der Waals surface area contributed by atoms with Gasteiger partial charge in [-0.1, -0.05) is 23.8 Å². The molecule has 0 saturated heterocycles. The summed E-state index contributed by atoms with van der Waals surface area (Å²) >= 11 is 0. The van der Waals surface area contributed by atoms with Gasteiger partial charge in [0.15, 0.2) is 0 Å². The van der Waals surface area contributed by atoms with E-state index in [9.17, 15) is 9.18 Å². The molecule has 2 aromatic carbocycles. The lowest BCUT2D eigenvalue weighted by atomic mass is 10.1. The summed E-state index contributed by atoms with van der Waals surface area (Å²) < 4.78 is 18.9. The van der Waals surface area contributed by atoms with Crippen LogP contribution in [0.25, 0.3) is 0 Å². The van der Waals surface area contributed by atoms with Crippen molar-refractivity contribution in [2.45, 2.75) is 13.5 Å². The van der Waals surface area contributed by atoms with Crippen LogP contribution < -0.4 is 4.74 Å². The van der Waals surface area contributed by atoms with E-state index < -0.39 is 11.8 Å². The predicted octanol–water partition coefficient (Wildman–Crippen LogP) is 3.41. The van der Waals surface area contributed by atoms with Crippen LogP contribution in [0.5, 0.6) is 5.75 Å². The number of benzene rings is 2. The van der Waals surface area contributed by atoms with E-state index >= 15 is 0 Å². The maximum Gasteiger partial charge on any atom is 0.338 e. The van der Waals surface area contributed by atoms with Crippen LogP contribution in [0.15, 0.2) is 42.5 Å². The lowest BCUT2D eigenvalue weighted by Crippen LogP contribution is -2.02. The van der Waals surface area contributed by atoms with Crippen LogP contribution in [-0.4, -0.2) is 11.1 Å². The van der Waals surface area contributed by atoms with Gasteiger partial charge in [-0.25, -0.2) is 9.18 Å². The highest BCUT2D eigenvalue weighted by Crippen LogP contribution is 2.15. The first-order chi connectivity index (χ1) is 9.06. The zero-order valence-corrected chi connectivity index (χ0v) is 10.4. The van der Waals surface area contributed by atoms with Crippen molar-refractivity contribution in [3.63, 3.8) is 0 Å². The number of aromatic carboxylic acids is 1. The Morgan fingerprint density at radius 3 is 2.47 bits per heavy atom. The van der Waals surface area contributed by atoms with E-state index in [0.717, 1.165) is 5.56 Å². The zero-order chi connectivity index (χ0) is 13.8. The van der Waals surface area contributed by atoms with Crippen molar-refractivity contribution in [1.82, 2.24) is 0 Å². The zero-order valence-electron chi connectivity index (χ0n) is 10.4. The molecule has 0 bridgehead atoms. The van der Waals surface area contributed by atoms with Gasteiger partial charge in [-0.3, -0.25) is 0 Å². The van der Waals surface area contributed by atoms with Gasteiger partial charge < -0.3 is 9.84 Å². The van der Waals surface area contributed by atoms with E-state index in [1.165, 1.54) is 12.1 Å². The maximum atomic E-state index is 13.4. The first kappa shape index (κ1) is 13.1. The van der Waals surface area contributed by atoms with Crippen molar-refractivity contribution >= 4 is 5.97 Å². The first-order valence-corrected chi connectivity index (χ1v) is 5.77. The number of carboxylic acids is 1. The summed E-state index contributed by atoms with van der Waals surface area (Å²) in [5, 5.41) is 8.72. The van der Waals surface area contributed by atoms with Gasteiger partial charge in [-0.2, -0.15) is 0 Å². The minimum Gasteiger partial charge on any atom is -0.489 e. The van der Waals surface area contributed by atoms with Gasteiger partial charge in [0.25, 0.3) is 0 Å². The Hall–Kier alpha value is -2.36. The molecule has 2 aromatic rings. The number of aryl methyl sites for hydroxylation is 1. The molecule has 98 valence electrons. The van der Waals surface area contributed by atoms with Crippen LogP contribution in [0, 0.1) is 12.7 Å². The molecular formula is C15H13FO3. The molecule has 0 saturated carbocycles. The summed E-state index contributed by atoms with van der Waals surface area (Å²) in [6.07, 6.45) is 0. The molecule has 0 spiro atoms. The molecule has 0 heterocycles. The monoisotopic (exact) mass is 260 g/mol. The molecule has 0 aliphatic carbocycles. The Morgan fingerprint density at radius 1 is 1.21 bits per heavy atom. The van der Waals surface area contributed by atoms with Gasteiger partial charge in [0.05, 0.1) is 5.56 Å². The largest absolute Gasteiger partial charge is 0.489 e. The fourth-order valence-corrected chi connectivity index (χ4v) is 1.62. The molecule has 0 unspecified atom stereocenters. The van der Waals surface area contributed by atoms with Crippen molar-refractivity contribution in [2.24, 2.45) is 0 Å². The van der Waals surface area contributed by atoms with E-state index in [1.54, 1.807) is 6.07 Å². The molecule has 2 rings (SSSR count). The molecule has 0 radical (unpaired) electrons. The molecule has 19 heavy (non-hydrogen) atoms. The second-order valence-electron chi connectivity index (χ2n) is 4.22. The highest BCUT2D eigenvalue weighted by molar-refractivity contribution is 5.87. The van der Waals surface area contributed by atoms with Crippen molar-refractivity contribution in [2.75, 3.05) is 0 Å². The number of hydrogen-bond donors (Lipinski definition) is 1. The summed E-state index contributed by atoms with van der Waals surface area (Å²) in [6, 6.07) is 11.5. The normalized spacial score (nSPS) is 10.2. The molecule has 1 N–H and O–H groups in total. The first-order valence-electron chi connectivity index (χ1n) is 5.77. The Labute approximate surface area is 110 Å². The lowest BCUT2D eigenvalue weighted by molar-refractivity contribution is 0.0692. The van der Waals surface area contributed by atoms with Gasteiger partial charge >= 0.3 is 5.97 Å². The minimum absolute atomic E-state index is 0.194. The smallest absolute Gasteiger partial charge is 0.338 e. The standard InChI is InChI=1S/C15H13FO3/c1-10-2-5-12(6-3-10)19-9-11-4-7-13(15(17)18)14(16)8-11/h2-8H,9H2,1H3,(H,17,18). The highest BCUT2D eigenvalue weighted by Gasteiger charge is 2.10. The molecule has 0 fully saturated rings. The predicted molar refractivity (Wildman–Crippen MR) is 68.9 cm³/mol. The van der Waals surface area contributed by atoms with Gasteiger partial charge in [0, 0.05) is 0 Å². The van der Waals surface area contributed by atoms with Crippen molar-refractivity contribution < 1.29 is 19.0 Å². The summed E-state index contributed by atoms with van der Waals surface area (Å²) in [5.41, 5.74) is 1.38. The van der Waals surface area contributed by atoms with Crippen LogP contribution in [-0.2, 0) is 6.61 Å². The molecular weight excluding hydrogens is 247 g/mol. The molecule has 0 atom stereocenters. The van der Waals surface area contributed by atoms with Gasteiger partial charge in [0.2, 0.25) is 0 Å². The van der Waals surface area contributed by atoms with E-state index in [2.05, 4.69) is 0 Å². The average molecular weight is 260 g/mol. The Kier molecular flexibility index (Phi) is 3.80. The van der Waals surface area contributed by atoms with E-state index in [4.69, 9.17) is 9.84 Å². The second-order valence-corrected chi connectivity index (χ2v) is 4.22. The molecule has 0 aromatic heterocycles. The number of carbonyl (C=O) groups is 1. The van der Waals surface area contributed by atoms with Crippen LogP contribution >= 0.6 is 0 Å². The van der Waals surface area contributed by atoms with Gasteiger partial charge in [0.1, 0.15) is 18.2 Å². The third-order valence-electron chi connectivity index (χ3n) is 2.69. The third-order valence-corrected chi connectivity index (χ3v) is 2.69. The number of carboxylic acid groups (broad SMARTS) is 1. The molecule has 4 heteroatoms. The van der Waals surface area contributed by atoms with Crippen LogP contribution in [0.2, 0.25) is 0 Å². The van der Waals surface area contributed by atoms with E-state index in [0.29, 0.717) is 11.3 Å². The summed E-state index contributed by atoms with van der Waals surface area (Å²) in [6.45, 7) is 2.17. The van der Waals surface area contributed by atoms with E-state index in [-0.39, 0.29) is 12.2 Å². The molecule has 0 aliphatic heterocycles.